The highest BCUT2D eigenvalue weighted by Crippen LogP contribution is 2.38. The molecule has 4 heterocycles. The molecule has 0 bridgehead atoms. The van der Waals surface area contributed by atoms with Crippen LogP contribution >= 0.6 is 0 Å². The Morgan fingerprint density at radius 3 is 2.22 bits per heavy atom. The fourth-order valence-corrected chi connectivity index (χ4v) is 6.40. The van der Waals surface area contributed by atoms with Gasteiger partial charge in [-0.25, -0.2) is 15.0 Å². The average Bonchev–Trinajstić information content (AvgIpc) is 3.05. The van der Waals surface area contributed by atoms with Gasteiger partial charge in [0.05, 0.1) is 24.8 Å². The van der Waals surface area contributed by atoms with Gasteiger partial charge in [-0.15, -0.1) is 0 Å². The average molecular weight is 631 g/mol. The number of hydrogen-bond donors (Lipinski definition) is 3. The zero-order valence-corrected chi connectivity index (χ0v) is 28.2. The number of aliphatic hydroxyl groups excluding tert-OH is 1. The first kappa shape index (κ1) is 33.5. The predicted octanol–water partition coefficient (Wildman–Crippen LogP) is 5.12. The maximum Gasteiger partial charge on any atom is 0.316 e. The van der Waals surface area contributed by atoms with E-state index >= 15 is 0 Å². The van der Waals surface area contributed by atoms with Crippen molar-refractivity contribution in [2.24, 2.45) is 11.8 Å². The van der Waals surface area contributed by atoms with Crippen molar-refractivity contribution in [1.29, 1.82) is 0 Å². The zero-order valence-electron chi connectivity index (χ0n) is 28.2. The standard InChI is InChI=1S/C35H50N8O3/c1-22(2)17-37-32(45)30(29-12-9-24(18-36-29)25-19-39-34(46-6)40-20-25)23-7-10-26(11-8-23)41-33-38-21-28(35(3,4)5)31(42-33)43-15-13-27(44)14-16-43/h9,12,18-23,26-27,30,44H,7-8,10-11,13-17H2,1-6H3,(H,37,45)(H,38,41,42). The summed E-state index contributed by atoms with van der Waals surface area (Å²) in [6.45, 7) is 13.0. The Balaban J connectivity index is 1.28. The van der Waals surface area contributed by atoms with Crippen LogP contribution in [0.1, 0.15) is 90.3 Å². The summed E-state index contributed by atoms with van der Waals surface area (Å²) in [5.41, 5.74) is 3.53. The molecule has 1 aliphatic carbocycles. The summed E-state index contributed by atoms with van der Waals surface area (Å²) in [4.78, 5) is 38.9. The summed E-state index contributed by atoms with van der Waals surface area (Å²) < 4.78 is 5.08. The van der Waals surface area contributed by atoms with Crippen LogP contribution in [0.25, 0.3) is 11.1 Å². The van der Waals surface area contributed by atoms with E-state index in [0.717, 1.165) is 79.8 Å². The summed E-state index contributed by atoms with van der Waals surface area (Å²) in [5, 5.41) is 16.9. The Morgan fingerprint density at radius 2 is 1.63 bits per heavy atom. The quantitative estimate of drug-likeness (QED) is 0.277. The normalized spacial score (nSPS) is 20.0. The zero-order chi connectivity index (χ0) is 32.8. The van der Waals surface area contributed by atoms with Crippen molar-refractivity contribution in [3.8, 4) is 17.1 Å². The lowest BCUT2D eigenvalue weighted by molar-refractivity contribution is -0.124. The van der Waals surface area contributed by atoms with Crippen LogP contribution < -0.4 is 20.3 Å². The molecule has 3 N–H and O–H groups in total. The lowest BCUT2D eigenvalue weighted by Gasteiger charge is -2.35. The number of nitrogens with zero attached hydrogens (tertiary/aromatic N) is 6. The van der Waals surface area contributed by atoms with E-state index in [1.54, 1.807) is 18.6 Å². The third-order valence-corrected chi connectivity index (χ3v) is 9.13. The predicted molar refractivity (Wildman–Crippen MR) is 180 cm³/mol. The third-order valence-electron chi connectivity index (χ3n) is 9.13. The third kappa shape index (κ3) is 8.29. The maximum atomic E-state index is 13.6. The van der Waals surface area contributed by atoms with Gasteiger partial charge in [0, 0.05) is 67.2 Å². The number of carbonyl (C=O) groups is 1. The minimum atomic E-state index is -0.329. The maximum absolute atomic E-state index is 13.6. The van der Waals surface area contributed by atoms with Crippen LogP contribution in [0.2, 0.25) is 0 Å². The monoisotopic (exact) mass is 630 g/mol. The van der Waals surface area contributed by atoms with Crippen molar-refractivity contribution < 1.29 is 14.6 Å². The Bertz CT molecular complexity index is 1430. The molecule has 1 saturated heterocycles. The molecular weight excluding hydrogens is 580 g/mol. The van der Waals surface area contributed by atoms with Gasteiger partial charge in [0.25, 0.3) is 0 Å². The number of aromatic nitrogens is 5. The highest BCUT2D eigenvalue weighted by Gasteiger charge is 2.35. The Labute approximate surface area is 273 Å². The molecule has 11 nitrogen and oxygen atoms in total. The summed E-state index contributed by atoms with van der Waals surface area (Å²) in [7, 11) is 1.54. The second-order valence-corrected chi connectivity index (χ2v) is 14.2. The van der Waals surface area contributed by atoms with Gasteiger partial charge in [-0.05, 0) is 61.8 Å². The van der Waals surface area contributed by atoms with Crippen molar-refractivity contribution in [3.05, 3.63) is 48.2 Å². The molecule has 1 atom stereocenters. The van der Waals surface area contributed by atoms with Crippen LogP contribution in [0.4, 0.5) is 11.8 Å². The smallest absolute Gasteiger partial charge is 0.316 e. The van der Waals surface area contributed by atoms with E-state index in [4.69, 9.17) is 19.7 Å². The first-order valence-electron chi connectivity index (χ1n) is 16.7. The number of aliphatic hydroxyl groups is 1. The molecule has 0 aromatic carbocycles. The van der Waals surface area contributed by atoms with Gasteiger partial charge >= 0.3 is 6.01 Å². The Hall–Kier alpha value is -3.86. The summed E-state index contributed by atoms with van der Waals surface area (Å²) in [6.07, 6.45) is 12.1. The fraction of sp³-hybridized carbons (Fsp3) is 0.600. The lowest BCUT2D eigenvalue weighted by Crippen LogP contribution is -2.39. The minimum Gasteiger partial charge on any atom is -0.467 e. The van der Waals surface area contributed by atoms with E-state index < -0.39 is 0 Å². The van der Waals surface area contributed by atoms with Gasteiger partial charge in [0.2, 0.25) is 11.9 Å². The van der Waals surface area contributed by atoms with Crippen LogP contribution in [0, 0.1) is 11.8 Å². The first-order valence-corrected chi connectivity index (χ1v) is 16.7. The van der Waals surface area contributed by atoms with Crippen molar-refractivity contribution >= 4 is 17.7 Å². The highest BCUT2D eigenvalue weighted by atomic mass is 16.5. The van der Waals surface area contributed by atoms with Crippen LogP contribution in [0.5, 0.6) is 6.01 Å². The molecule has 2 fully saturated rings. The van der Waals surface area contributed by atoms with E-state index in [9.17, 15) is 9.90 Å². The van der Waals surface area contributed by atoms with Gasteiger partial charge in [0.15, 0.2) is 0 Å². The molecular formula is C35H50N8O3. The number of carbonyl (C=O) groups excluding carboxylic acids is 1. The van der Waals surface area contributed by atoms with Crippen LogP contribution in [-0.4, -0.2) is 74.8 Å². The van der Waals surface area contributed by atoms with E-state index in [0.29, 0.717) is 24.4 Å². The molecule has 1 aliphatic heterocycles. The van der Waals surface area contributed by atoms with Crippen molar-refractivity contribution in [2.45, 2.75) is 96.6 Å². The van der Waals surface area contributed by atoms with Gasteiger partial charge in [0.1, 0.15) is 5.82 Å². The van der Waals surface area contributed by atoms with E-state index in [1.165, 1.54) is 7.11 Å². The molecule has 0 radical (unpaired) electrons. The Morgan fingerprint density at radius 1 is 0.957 bits per heavy atom. The molecule has 0 spiro atoms. The molecule has 46 heavy (non-hydrogen) atoms. The van der Waals surface area contributed by atoms with E-state index in [1.807, 2.05) is 18.3 Å². The Kier molecular flexibility index (Phi) is 10.7. The van der Waals surface area contributed by atoms with E-state index in [2.05, 4.69) is 60.1 Å². The number of ether oxygens (including phenoxy) is 1. The first-order chi connectivity index (χ1) is 22.0. The molecule has 1 unspecified atom stereocenters. The van der Waals surface area contributed by atoms with Crippen molar-refractivity contribution in [3.63, 3.8) is 0 Å². The summed E-state index contributed by atoms with van der Waals surface area (Å²) in [5.74, 6) is 1.85. The molecule has 1 amide bonds. The van der Waals surface area contributed by atoms with Crippen LogP contribution in [0.3, 0.4) is 0 Å². The van der Waals surface area contributed by atoms with Crippen LogP contribution in [-0.2, 0) is 10.2 Å². The summed E-state index contributed by atoms with van der Waals surface area (Å²) >= 11 is 0. The molecule has 3 aromatic rings. The second kappa shape index (κ2) is 14.7. The number of hydrogen-bond acceptors (Lipinski definition) is 10. The van der Waals surface area contributed by atoms with Gasteiger partial charge in [-0.1, -0.05) is 40.7 Å². The number of anilines is 2. The minimum absolute atomic E-state index is 0.0375. The number of methoxy groups -OCH3 is 1. The number of piperidine rings is 1. The lowest BCUT2D eigenvalue weighted by atomic mass is 9.76. The fourth-order valence-electron chi connectivity index (χ4n) is 6.40. The largest absolute Gasteiger partial charge is 0.467 e. The molecule has 2 aliphatic rings. The highest BCUT2D eigenvalue weighted by molar-refractivity contribution is 5.83. The molecule has 11 heteroatoms. The molecule has 3 aromatic heterocycles. The van der Waals surface area contributed by atoms with Gasteiger partial charge in [-0.3, -0.25) is 9.78 Å². The number of pyridine rings is 1. The molecule has 248 valence electrons. The topological polar surface area (TPSA) is 138 Å². The van der Waals surface area contributed by atoms with E-state index in [-0.39, 0.29) is 35.3 Å². The molecule has 5 rings (SSSR count). The van der Waals surface area contributed by atoms with Gasteiger partial charge in [-0.2, -0.15) is 4.98 Å². The number of rotatable bonds is 10. The number of amides is 1. The second-order valence-electron chi connectivity index (χ2n) is 14.2. The van der Waals surface area contributed by atoms with Crippen molar-refractivity contribution in [2.75, 3.05) is 37.0 Å². The van der Waals surface area contributed by atoms with Crippen LogP contribution in [0.15, 0.2) is 36.9 Å². The van der Waals surface area contributed by atoms with Gasteiger partial charge < -0.3 is 25.4 Å². The number of nitrogens with one attached hydrogen (secondary N) is 2. The SMILES string of the molecule is COc1ncc(-c2ccc(C(C(=O)NCC(C)C)C3CCC(Nc4ncc(C(C)(C)C)c(N5CCC(O)CC5)n4)CC3)nc2)cn1. The molecule has 1 saturated carbocycles. The summed E-state index contributed by atoms with van der Waals surface area (Å²) in [6, 6.07) is 4.49. The van der Waals surface area contributed by atoms with Crippen molar-refractivity contribution in [1.82, 2.24) is 30.2 Å².